The first kappa shape index (κ1) is 18.6. The third-order valence-electron chi connectivity index (χ3n) is 4.45. The van der Waals surface area contributed by atoms with E-state index >= 15 is 0 Å². The van der Waals surface area contributed by atoms with Gasteiger partial charge in [-0.25, -0.2) is 0 Å². The van der Waals surface area contributed by atoms with Gasteiger partial charge in [0.05, 0.1) is 18.9 Å². The third kappa shape index (κ3) is 4.19. The number of anilines is 1. The Bertz CT molecular complexity index is 523. The van der Waals surface area contributed by atoms with E-state index in [-0.39, 0.29) is 5.82 Å². The van der Waals surface area contributed by atoms with Crippen LogP contribution >= 0.6 is 0 Å². The summed E-state index contributed by atoms with van der Waals surface area (Å²) in [5, 5.41) is 21.4. The van der Waals surface area contributed by atoms with Crippen molar-refractivity contribution >= 4 is 11.5 Å². The van der Waals surface area contributed by atoms with Gasteiger partial charge in [0.15, 0.2) is 6.20 Å². The molecule has 0 aromatic carbocycles. The average molecular weight is 338 g/mol. The Morgan fingerprint density at radius 3 is 2.33 bits per heavy atom. The van der Waals surface area contributed by atoms with Gasteiger partial charge in [-0.1, -0.05) is 13.8 Å². The number of morpholine rings is 1. The Kier molecular flexibility index (Phi) is 6.47. The molecule has 0 aliphatic carbocycles. The Morgan fingerprint density at radius 2 is 1.83 bits per heavy atom. The molecule has 2 saturated heterocycles. The van der Waals surface area contributed by atoms with Crippen molar-refractivity contribution in [1.29, 1.82) is 0 Å². The highest BCUT2D eigenvalue weighted by Gasteiger charge is 2.38. The van der Waals surface area contributed by atoms with E-state index < -0.39 is 10.6 Å². The van der Waals surface area contributed by atoms with Crippen molar-refractivity contribution in [2.75, 3.05) is 44.3 Å². The van der Waals surface area contributed by atoms with Gasteiger partial charge in [0.2, 0.25) is 0 Å². The maximum Gasteiger partial charge on any atom is 0.363 e. The molecule has 134 valence electrons. The summed E-state index contributed by atoms with van der Waals surface area (Å²) in [4.78, 5) is 18.2. The second-order valence-corrected chi connectivity index (χ2v) is 5.70. The number of aliphatic hydroxyl groups is 1. The summed E-state index contributed by atoms with van der Waals surface area (Å²) in [6.07, 6.45) is 2.81. The summed E-state index contributed by atoms with van der Waals surface area (Å²) in [7, 11) is 0. The molecule has 1 aromatic rings. The third-order valence-corrected chi connectivity index (χ3v) is 4.45. The lowest BCUT2D eigenvalue weighted by atomic mass is 9.97. The molecule has 1 aromatic heterocycles. The molecular formula is C16H26N4O4. The first-order chi connectivity index (χ1) is 11.6. The minimum Gasteiger partial charge on any atom is -0.379 e. The van der Waals surface area contributed by atoms with Gasteiger partial charge in [-0.2, -0.15) is 0 Å². The van der Waals surface area contributed by atoms with Crippen molar-refractivity contribution in [1.82, 2.24) is 9.88 Å². The van der Waals surface area contributed by atoms with Crippen LogP contribution in [0.5, 0.6) is 0 Å². The van der Waals surface area contributed by atoms with Gasteiger partial charge < -0.3 is 24.9 Å². The zero-order valence-electron chi connectivity index (χ0n) is 14.3. The normalized spacial score (nSPS) is 20.9. The van der Waals surface area contributed by atoms with Gasteiger partial charge in [0.1, 0.15) is 5.72 Å². The highest BCUT2D eigenvalue weighted by atomic mass is 16.6. The first-order valence-corrected chi connectivity index (χ1v) is 8.49. The van der Waals surface area contributed by atoms with Gasteiger partial charge >= 0.3 is 5.82 Å². The van der Waals surface area contributed by atoms with E-state index in [1.54, 1.807) is 6.07 Å². The standard InChI is InChI=1S/C14H20N4O4.C2H6/c19-14(17-7-9-22-10-8-17)3-5-16(6-4-14)12-1-2-13(15-11-12)18(20)21;1-2/h1-2,11,19H,3-10H2;1-2H3. The molecular weight excluding hydrogens is 312 g/mol. The summed E-state index contributed by atoms with van der Waals surface area (Å²) < 4.78 is 5.33. The van der Waals surface area contributed by atoms with E-state index in [9.17, 15) is 15.2 Å². The zero-order valence-corrected chi connectivity index (χ0v) is 14.3. The molecule has 3 rings (SSSR count). The van der Waals surface area contributed by atoms with Crippen LogP contribution in [0.15, 0.2) is 18.3 Å². The summed E-state index contributed by atoms with van der Waals surface area (Å²) in [6.45, 7) is 8.25. The fraction of sp³-hybridized carbons (Fsp3) is 0.688. The predicted octanol–water partition coefficient (Wildman–Crippen LogP) is 1.64. The molecule has 0 bridgehead atoms. The van der Waals surface area contributed by atoms with Crippen LogP contribution in [0.3, 0.4) is 0 Å². The molecule has 1 N–H and O–H groups in total. The molecule has 8 heteroatoms. The number of aromatic nitrogens is 1. The number of pyridine rings is 1. The van der Waals surface area contributed by atoms with Crippen molar-refractivity contribution in [2.45, 2.75) is 32.4 Å². The molecule has 8 nitrogen and oxygen atoms in total. The first-order valence-electron chi connectivity index (χ1n) is 8.49. The number of hydrogen-bond donors (Lipinski definition) is 1. The van der Waals surface area contributed by atoms with Gasteiger partial charge in [-0.15, -0.1) is 0 Å². The van der Waals surface area contributed by atoms with Crippen molar-refractivity contribution in [2.24, 2.45) is 0 Å². The molecule has 0 unspecified atom stereocenters. The minimum atomic E-state index is -0.769. The van der Waals surface area contributed by atoms with Crippen LogP contribution < -0.4 is 4.90 Å². The molecule has 0 amide bonds. The van der Waals surface area contributed by atoms with E-state index in [1.807, 2.05) is 13.8 Å². The summed E-state index contributed by atoms with van der Waals surface area (Å²) in [5.41, 5.74) is 0.0868. The van der Waals surface area contributed by atoms with Crippen molar-refractivity contribution in [3.63, 3.8) is 0 Å². The maximum atomic E-state index is 10.8. The minimum absolute atomic E-state index is 0.148. The van der Waals surface area contributed by atoms with Crippen LogP contribution in [0.4, 0.5) is 11.5 Å². The number of hydrogen-bond acceptors (Lipinski definition) is 7. The lowest BCUT2D eigenvalue weighted by molar-refractivity contribution is -0.389. The Hall–Kier alpha value is -1.77. The van der Waals surface area contributed by atoms with Crippen molar-refractivity contribution in [3.8, 4) is 0 Å². The van der Waals surface area contributed by atoms with E-state index in [2.05, 4.69) is 14.8 Å². The monoisotopic (exact) mass is 338 g/mol. The lowest BCUT2D eigenvalue weighted by Gasteiger charge is -2.46. The molecule has 2 aliphatic heterocycles. The molecule has 0 radical (unpaired) electrons. The molecule has 2 aliphatic rings. The quantitative estimate of drug-likeness (QED) is 0.661. The Morgan fingerprint density at radius 1 is 1.21 bits per heavy atom. The fourth-order valence-corrected chi connectivity index (χ4v) is 3.09. The molecule has 24 heavy (non-hydrogen) atoms. The number of nitrogens with zero attached hydrogens (tertiary/aromatic N) is 4. The largest absolute Gasteiger partial charge is 0.379 e. The van der Waals surface area contributed by atoms with Crippen LogP contribution in [0.25, 0.3) is 0 Å². The second kappa shape index (κ2) is 8.36. The van der Waals surface area contributed by atoms with E-state index in [4.69, 9.17) is 4.74 Å². The number of piperidine rings is 1. The van der Waals surface area contributed by atoms with Crippen molar-refractivity contribution in [3.05, 3.63) is 28.4 Å². The SMILES string of the molecule is CC.O=[N+]([O-])c1ccc(N2CCC(O)(N3CCOCC3)CC2)cn1. The van der Waals surface area contributed by atoms with E-state index in [1.165, 1.54) is 12.3 Å². The van der Waals surface area contributed by atoms with Gasteiger partial charge in [-0.3, -0.25) is 4.90 Å². The van der Waals surface area contributed by atoms with Crippen LogP contribution in [-0.2, 0) is 4.74 Å². The van der Waals surface area contributed by atoms with Crippen LogP contribution in [0, 0.1) is 10.1 Å². The predicted molar refractivity (Wildman–Crippen MR) is 91.0 cm³/mol. The topological polar surface area (TPSA) is 92.0 Å². The van der Waals surface area contributed by atoms with E-state index in [0.29, 0.717) is 39.1 Å². The van der Waals surface area contributed by atoms with Crippen LogP contribution in [-0.4, -0.2) is 65.0 Å². The molecule has 0 saturated carbocycles. The Labute approximate surface area is 142 Å². The zero-order chi connectivity index (χ0) is 17.6. The average Bonchev–Trinajstić information content (AvgIpc) is 2.65. The second-order valence-electron chi connectivity index (χ2n) is 5.70. The molecule has 2 fully saturated rings. The highest BCUT2D eigenvalue weighted by Crippen LogP contribution is 2.29. The van der Waals surface area contributed by atoms with Gasteiger partial charge in [0, 0.05) is 45.1 Å². The molecule has 0 spiro atoms. The lowest BCUT2D eigenvalue weighted by Crippen LogP contribution is -2.58. The van der Waals surface area contributed by atoms with Crippen molar-refractivity contribution < 1.29 is 14.8 Å². The fourth-order valence-electron chi connectivity index (χ4n) is 3.09. The number of rotatable bonds is 3. The number of nitro groups is 1. The summed E-state index contributed by atoms with van der Waals surface area (Å²) in [5.74, 6) is -0.148. The van der Waals surface area contributed by atoms with Crippen LogP contribution in [0.1, 0.15) is 26.7 Å². The smallest absolute Gasteiger partial charge is 0.363 e. The summed E-state index contributed by atoms with van der Waals surface area (Å²) >= 11 is 0. The number of ether oxygens (including phenoxy) is 1. The van der Waals surface area contributed by atoms with Gasteiger partial charge in [0.25, 0.3) is 0 Å². The van der Waals surface area contributed by atoms with Gasteiger partial charge in [-0.05, 0) is 16.0 Å². The summed E-state index contributed by atoms with van der Waals surface area (Å²) in [6, 6.07) is 3.13. The maximum absolute atomic E-state index is 10.8. The Balaban J connectivity index is 0.00000100. The highest BCUT2D eigenvalue weighted by molar-refractivity contribution is 5.47. The van der Waals surface area contributed by atoms with Crippen LogP contribution in [0.2, 0.25) is 0 Å². The van der Waals surface area contributed by atoms with E-state index in [0.717, 1.165) is 18.8 Å². The molecule has 3 heterocycles. The molecule has 0 atom stereocenters.